The monoisotopic (exact) mass is 283 g/mol. The van der Waals surface area contributed by atoms with Crippen LogP contribution in [0.5, 0.6) is 23.0 Å². The highest BCUT2D eigenvalue weighted by molar-refractivity contribution is 5.55. The topological polar surface area (TPSA) is 49.0 Å². The number of nitrogens with one attached hydrogen (secondary N) is 1. The highest BCUT2D eigenvalue weighted by atomic mass is 16.5. The van der Waals surface area contributed by atoms with E-state index in [-0.39, 0.29) is 12.1 Å². The number of methoxy groups -OCH3 is 3. The lowest BCUT2D eigenvalue weighted by molar-refractivity contribution is 0.170. The number of hydrogen-bond donors (Lipinski definition) is 1. The number of ether oxygens (including phenoxy) is 4. The fourth-order valence-electron chi connectivity index (χ4n) is 2.19. The van der Waals surface area contributed by atoms with Crippen LogP contribution in [0.2, 0.25) is 0 Å². The van der Waals surface area contributed by atoms with Crippen molar-refractivity contribution in [3.05, 3.63) is 12.1 Å². The van der Waals surface area contributed by atoms with Gasteiger partial charge in [0, 0.05) is 18.2 Å². The predicted molar refractivity (Wildman–Crippen MR) is 79.3 cm³/mol. The Morgan fingerprint density at radius 3 is 1.95 bits per heavy atom. The quantitative estimate of drug-likeness (QED) is 0.794. The van der Waals surface area contributed by atoms with Crippen molar-refractivity contribution in [1.29, 1.82) is 0 Å². The molecule has 5 heteroatoms. The zero-order valence-corrected chi connectivity index (χ0v) is 13.1. The summed E-state index contributed by atoms with van der Waals surface area (Å²) in [4.78, 5) is 0. The van der Waals surface area contributed by atoms with E-state index < -0.39 is 0 Å². The molecule has 1 rings (SSSR count). The summed E-state index contributed by atoms with van der Waals surface area (Å²) in [5.41, 5.74) is 0. The van der Waals surface area contributed by atoms with E-state index in [1.165, 1.54) is 0 Å². The summed E-state index contributed by atoms with van der Waals surface area (Å²) in [6.45, 7) is 4.16. The average molecular weight is 283 g/mol. The normalized spacial score (nSPS) is 13.5. The fraction of sp³-hybridized carbons (Fsp3) is 0.600. The van der Waals surface area contributed by atoms with Gasteiger partial charge < -0.3 is 24.3 Å². The van der Waals surface area contributed by atoms with E-state index in [1.807, 2.05) is 14.0 Å². The lowest BCUT2D eigenvalue weighted by atomic mass is 10.1. The van der Waals surface area contributed by atoms with Crippen LogP contribution in [-0.4, -0.2) is 40.5 Å². The third kappa shape index (κ3) is 3.70. The predicted octanol–water partition coefficient (Wildman–Crippen LogP) is 2.48. The first kappa shape index (κ1) is 16.4. The van der Waals surface area contributed by atoms with Crippen molar-refractivity contribution in [2.45, 2.75) is 32.4 Å². The summed E-state index contributed by atoms with van der Waals surface area (Å²) >= 11 is 0. The summed E-state index contributed by atoms with van der Waals surface area (Å²) in [6, 6.07) is 3.90. The van der Waals surface area contributed by atoms with Crippen LogP contribution in [0.15, 0.2) is 12.1 Å². The van der Waals surface area contributed by atoms with Crippen molar-refractivity contribution < 1.29 is 18.9 Å². The lowest BCUT2D eigenvalue weighted by Gasteiger charge is -2.24. The first-order valence-electron chi connectivity index (χ1n) is 6.75. The van der Waals surface area contributed by atoms with E-state index in [9.17, 15) is 0 Å². The van der Waals surface area contributed by atoms with Gasteiger partial charge in [-0.2, -0.15) is 0 Å². The Kier molecular flexibility index (Phi) is 6.45. The molecular formula is C15H25NO4. The standard InChI is InChI=1S/C15H25NO4/c1-7-12(16-3)10(2)20-11-8-13(17-4)15(19-6)14(9-11)18-5/h8-10,12,16H,7H2,1-6H3. The van der Waals surface area contributed by atoms with E-state index >= 15 is 0 Å². The minimum absolute atomic E-state index is 0.0350. The molecule has 0 radical (unpaired) electrons. The molecule has 2 unspecified atom stereocenters. The largest absolute Gasteiger partial charge is 0.493 e. The van der Waals surface area contributed by atoms with E-state index in [1.54, 1.807) is 33.5 Å². The highest BCUT2D eigenvalue weighted by Crippen LogP contribution is 2.41. The van der Waals surface area contributed by atoms with E-state index in [0.717, 1.165) is 6.42 Å². The van der Waals surface area contributed by atoms with Crippen molar-refractivity contribution in [3.63, 3.8) is 0 Å². The van der Waals surface area contributed by atoms with Crippen molar-refractivity contribution in [2.24, 2.45) is 0 Å². The van der Waals surface area contributed by atoms with Crippen molar-refractivity contribution in [1.82, 2.24) is 5.32 Å². The van der Waals surface area contributed by atoms with Gasteiger partial charge in [-0.05, 0) is 20.4 Å². The molecule has 0 aliphatic heterocycles. The summed E-state index contributed by atoms with van der Waals surface area (Å²) < 4.78 is 21.9. The third-order valence-corrected chi connectivity index (χ3v) is 3.34. The van der Waals surface area contributed by atoms with Gasteiger partial charge in [-0.1, -0.05) is 6.92 Å². The van der Waals surface area contributed by atoms with Gasteiger partial charge in [0.15, 0.2) is 11.5 Å². The maximum absolute atomic E-state index is 5.96. The molecule has 0 saturated carbocycles. The van der Waals surface area contributed by atoms with Gasteiger partial charge in [0.05, 0.1) is 21.3 Å². The second-order valence-corrected chi connectivity index (χ2v) is 4.49. The Labute approximate surface area is 121 Å². The van der Waals surface area contributed by atoms with Gasteiger partial charge >= 0.3 is 0 Å². The Morgan fingerprint density at radius 2 is 1.60 bits per heavy atom. The minimum atomic E-state index is 0.0350. The van der Waals surface area contributed by atoms with Gasteiger partial charge in [-0.25, -0.2) is 0 Å². The van der Waals surface area contributed by atoms with Crippen molar-refractivity contribution in [3.8, 4) is 23.0 Å². The van der Waals surface area contributed by atoms with Gasteiger partial charge in [-0.15, -0.1) is 0 Å². The minimum Gasteiger partial charge on any atom is -0.493 e. The van der Waals surface area contributed by atoms with Crippen LogP contribution >= 0.6 is 0 Å². The number of rotatable bonds is 8. The van der Waals surface area contributed by atoms with Gasteiger partial charge in [0.1, 0.15) is 11.9 Å². The van der Waals surface area contributed by atoms with Crippen LogP contribution in [0.25, 0.3) is 0 Å². The van der Waals surface area contributed by atoms with Crippen LogP contribution < -0.4 is 24.3 Å². The van der Waals surface area contributed by atoms with Gasteiger partial charge in [0.2, 0.25) is 5.75 Å². The first-order chi connectivity index (χ1) is 9.60. The van der Waals surface area contributed by atoms with Crippen LogP contribution in [0, 0.1) is 0 Å². The molecule has 1 aromatic rings. The molecule has 2 atom stereocenters. The molecule has 20 heavy (non-hydrogen) atoms. The maximum atomic E-state index is 5.96. The summed E-state index contributed by atoms with van der Waals surface area (Å²) in [5.74, 6) is 2.44. The maximum Gasteiger partial charge on any atom is 0.203 e. The molecule has 1 N–H and O–H groups in total. The second-order valence-electron chi connectivity index (χ2n) is 4.49. The van der Waals surface area contributed by atoms with Gasteiger partial charge in [-0.3, -0.25) is 0 Å². The molecule has 0 spiro atoms. The molecule has 1 aromatic carbocycles. The highest BCUT2D eigenvalue weighted by Gasteiger charge is 2.18. The Morgan fingerprint density at radius 1 is 1.05 bits per heavy atom. The fourth-order valence-corrected chi connectivity index (χ4v) is 2.19. The smallest absolute Gasteiger partial charge is 0.203 e. The van der Waals surface area contributed by atoms with E-state index in [0.29, 0.717) is 23.0 Å². The lowest BCUT2D eigenvalue weighted by Crippen LogP contribution is -2.38. The SMILES string of the molecule is CCC(NC)C(C)Oc1cc(OC)c(OC)c(OC)c1. The molecule has 0 fully saturated rings. The number of likely N-dealkylation sites (N-methyl/N-ethyl adjacent to an activating group) is 1. The Bertz CT molecular complexity index is 393. The molecule has 0 saturated heterocycles. The number of hydrogen-bond acceptors (Lipinski definition) is 5. The van der Waals surface area contributed by atoms with Crippen molar-refractivity contribution >= 4 is 0 Å². The first-order valence-corrected chi connectivity index (χ1v) is 6.75. The zero-order chi connectivity index (χ0) is 15.1. The summed E-state index contributed by atoms with van der Waals surface area (Å²) in [7, 11) is 6.70. The Hall–Kier alpha value is -1.62. The second kappa shape index (κ2) is 7.85. The number of benzene rings is 1. The van der Waals surface area contributed by atoms with E-state index in [2.05, 4.69) is 12.2 Å². The molecule has 0 heterocycles. The molecule has 0 bridgehead atoms. The Balaban J connectivity index is 3.01. The zero-order valence-electron chi connectivity index (χ0n) is 13.1. The average Bonchev–Trinajstić information content (AvgIpc) is 2.47. The van der Waals surface area contributed by atoms with Crippen LogP contribution in [-0.2, 0) is 0 Å². The van der Waals surface area contributed by atoms with E-state index in [4.69, 9.17) is 18.9 Å². The van der Waals surface area contributed by atoms with Crippen LogP contribution in [0.1, 0.15) is 20.3 Å². The summed E-state index contributed by atoms with van der Waals surface area (Å²) in [5, 5.41) is 3.24. The van der Waals surface area contributed by atoms with Gasteiger partial charge in [0.25, 0.3) is 0 Å². The summed E-state index contributed by atoms with van der Waals surface area (Å²) in [6.07, 6.45) is 1.02. The molecular weight excluding hydrogens is 258 g/mol. The molecule has 0 amide bonds. The van der Waals surface area contributed by atoms with Crippen LogP contribution in [0.4, 0.5) is 0 Å². The molecule has 0 aliphatic carbocycles. The van der Waals surface area contributed by atoms with Crippen molar-refractivity contribution in [2.75, 3.05) is 28.4 Å². The third-order valence-electron chi connectivity index (χ3n) is 3.34. The molecule has 0 aromatic heterocycles. The molecule has 0 aliphatic rings. The molecule has 114 valence electrons. The van der Waals surface area contributed by atoms with Crippen LogP contribution in [0.3, 0.4) is 0 Å². The molecule has 5 nitrogen and oxygen atoms in total.